The van der Waals surface area contributed by atoms with Crippen molar-refractivity contribution in [2.45, 2.75) is 13.0 Å². The summed E-state index contributed by atoms with van der Waals surface area (Å²) >= 11 is 5.83. The van der Waals surface area contributed by atoms with Crippen molar-refractivity contribution in [1.82, 2.24) is 10.3 Å². The van der Waals surface area contributed by atoms with Crippen LogP contribution in [0.15, 0.2) is 42.6 Å². The smallest absolute Gasteiger partial charge is 0.288 e. The standard InChI is InChI=1S/C14H12ClN3O3/c1-9(10-5-3-2-4-6-10)17-14(19)12-7-11(18(20)21)8-16-13(12)15/h2-9H,1H3,(H,17,19)/t9-/m1/s1. The average molecular weight is 306 g/mol. The van der Waals surface area contributed by atoms with E-state index in [0.29, 0.717) is 0 Å². The Labute approximate surface area is 125 Å². The minimum absolute atomic E-state index is 0.0198. The van der Waals surface area contributed by atoms with Gasteiger partial charge in [0.15, 0.2) is 0 Å². The third-order valence-electron chi connectivity index (χ3n) is 2.93. The number of carbonyl (C=O) groups excluding carboxylic acids is 1. The van der Waals surface area contributed by atoms with E-state index in [0.717, 1.165) is 17.8 Å². The van der Waals surface area contributed by atoms with Crippen LogP contribution in [0.2, 0.25) is 5.15 Å². The van der Waals surface area contributed by atoms with E-state index in [1.807, 2.05) is 37.3 Å². The summed E-state index contributed by atoms with van der Waals surface area (Å²) in [6.07, 6.45) is 1.01. The van der Waals surface area contributed by atoms with Crippen LogP contribution in [0, 0.1) is 10.1 Å². The molecule has 1 N–H and O–H groups in total. The first-order valence-corrected chi connectivity index (χ1v) is 6.52. The Morgan fingerprint density at radius 3 is 2.67 bits per heavy atom. The lowest BCUT2D eigenvalue weighted by molar-refractivity contribution is -0.385. The number of hydrogen-bond acceptors (Lipinski definition) is 4. The van der Waals surface area contributed by atoms with Crippen molar-refractivity contribution in [3.05, 3.63) is 69.0 Å². The maximum absolute atomic E-state index is 12.2. The number of nitrogens with zero attached hydrogens (tertiary/aromatic N) is 2. The summed E-state index contributed by atoms with van der Waals surface area (Å²) < 4.78 is 0. The van der Waals surface area contributed by atoms with Gasteiger partial charge in [-0.15, -0.1) is 0 Å². The first kappa shape index (κ1) is 14.9. The number of halogens is 1. The van der Waals surface area contributed by atoms with E-state index in [1.165, 1.54) is 0 Å². The van der Waals surface area contributed by atoms with Gasteiger partial charge in [0.1, 0.15) is 11.3 Å². The predicted molar refractivity (Wildman–Crippen MR) is 78.2 cm³/mol. The molecule has 0 saturated carbocycles. The molecule has 1 aromatic heterocycles. The second-order valence-corrected chi connectivity index (χ2v) is 4.75. The van der Waals surface area contributed by atoms with E-state index < -0.39 is 10.8 Å². The molecule has 0 spiro atoms. The van der Waals surface area contributed by atoms with E-state index in [2.05, 4.69) is 10.3 Å². The van der Waals surface area contributed by atoms with Crippen LogP contribution in [0.25, 0.3) is 0 Å². The Kier molecular flexibility index (Phi) is 4.49. The molecular formula is C14H12ClN3O3. The largest absolute Gasteiger partial charge is 0.345 e. The summed E-state index contributed by atoms with van der Waals surface area (Å²) in [5, 5.41) is 13.4. The van der Waals surface area contributed by atoms with E-state index >= 15 is 0 Å². The summed E-state index contributed by atoms with van der Waals surface area (Å²) in [6.45, 7) is 1.81. The third-order valence-corrected chi connectivity index (χ3v) is 3.23. The second-order valence-electron chi connectivity index (χ2n) is 4.39. The maximum atomic E-state index is 12.2. The molecule has 1 aromatic carbocycles. The number of aromatic nitrogens is 1. The van der Waals surface area contributed by atoms with Crippen LogP contribution >= 0.6 is 11.6 Å². The van der Waals surface area contributed by atoms with Gasteiger partial charge in [0.25, 0.3) is 11.6 Å². The molecule has 1 heterocycles. The van der Waals surface area contributed by atoms with Gasteiger partial charge in [-0.3, -0.25) is 14.9 Å². The quantitative estimate of drug-likeness (QED) is 0.534. The minimum atomic E-state index is -0.624. The van der Waals surface area contributed by atoms with Gasteiger partial charge in [0, 0.05) is 6.07 Å². The van der Waals surface area contributed by atoms with Crippen LogP contribution in [-0.2, 0) is 0 Å². The molecule has 0 saturated heterocycles. The van der Waals surface area contributed by atoms with Crippen LogP contribution in [0.4, 0.5) is 5.69 Å². The topological polar surface area (TPSA) is 85.1 Å². The molecule has 0 aliphatic carbocycles. The lowest BCUT2D eigenvalue weighted by atomic mass is 10.1. The Morgan fingerprint density at radius 2 is 2.05 bits per heavy atom. The van der Waals surface area contributed by atoms with Gasteiger partial charge in [-0.05, 0) is 12.5 Å². The molecule has 0 unspecified atom stereocenters. The van der Waals surface area contributed by atoms with Crippen LogP contribution in [0.5, 0.6) is 0 Å². The van der Waals surface area contributed by atoms with Crippen molar-refractivity contribution in [3.63, 3.8) is 0 Å². The normalized spacial score (nSPS) is 11.7. The molecule has 0 bridgehead atoms. The van der Waals surface area contributed by atoms with Gasteiger partial charge in [0.05, 0.1) is 16.5 Å². The molecule has 0 aliphatic rings. The fraction of sp³-hybridized carbons (Fsp3) is 0.143. The highest BCUT2D eigenvalue weighted by molar-refractivity contribution is 6.32. The Balaban J connectivity index is 2.21. The van der Waals surface area contributed by atoms with Crippen molar-refractivity contribution < 1.29 is 9.72 Å². The molecule has 2 aromatic rings. The lowest BCUT2D eigenvalue weighted by Gasteiger charge is -2.14. The van der Waals surface area contributed by atoms with Gasteiger partial charge in [-0.2, -0.15) is 0 Å². The van der Waals surface area contributed by atoms with E-state index in [1.54, 1.807) is 0 Å². The van der Waals surface area contributed by atoms with Crippen molar-refractivity contribution in [2.24, 2.45) is 0 Å². The molecule has 0 aliphatic heterocycles. The van der Waals surface area contributed by atoms with Gasteiger partial charge in [0.2, 0.25) is 0 Å². The zero-order valence-corrected chi connectivity index (χ0v) is 11.9. The highest BCUT2D eigenvalue weighted by Gasteiger charge is 2.18. The fourth-order valence-corrected chi connectivity index (χ4v) is 1.98. The molecule has 2 rings (SSSR count). The number of carbonyl (C=O) groups is 1. The minimum Gasteiger partial charge on any atom is -0.345 e. The number of hydrogen-bond donors (Lipinski definition) is 1. The summed E-state index contributed by atoms with van der Waals surface area (Å²) in [5.41, 5.74) is 0.617. The zero-order chi connectivity index (χ0) is 15.4. The lowest BCUT2D eigenvalue weighted by Crippen LogP contribution is -2.27. The van der Waals surface area contributed by atoms with Crippen LogP contribution < -0.4 is 5.32 Å². The predicted octanol–water partition coefficient (Wildman–Crippen LogP) is 3.13. The van der Waals surface area contributed by atoms with E-state index in [9.17, 15) is 14.9 Å². The van der Waals surface area contributed by atoms with Gasteiger partial charge >= 0.3 is 0 Å². The number of benzene rings is 1. The Morgan fingerprint density at radius 1 is 1.38 bits per heavy atom. The summed E-state index contributed by atoms with van der Waals surface area (Å²) in [5.74, 6) is -0.507. The first-order chi connectivity index (χ1) is 9.99. The molecular weight excluding hydrogens is 294 g/mol. The second kappa shape index (κ2) is 6.32. The fourth-order valence-electron chi connectivity index (χ4n) is 1.80. The number of amides is 1. The van der Waals surface area contributed by atoms with Crippen molar-refractivity contribution in [3.8, 4) is 0 Å². The van der Waals surface area contributed by atoms with Crippen LogP contribution in [0.1, 0.15) is 28.9 Å². The first-order valence-electron chi connectivity index (χ1n) is 6.15. The highest BCUT2D eigenvalue weighted by Crippen LogP contribution is 2.20. The number of rotatable bonds is 4. The molecule has 0 radical (unpaired) electrons. The Hall–Kier alpha value is -2.47. The summed E-state index contributed by atoms with van der Waals surface area (Å²) in [6, 6.07) is 10.2. The number of nitro groups is 1. The molecule has 7 heteroatoms. The maximum Gasteiger partial charge on any atom is 0.288 e. The van der Waals surface area contributed by atoms with Gasteiger partial charge < -0.3 is 5.32 Å². The number of nitrogens with one attached hydrogen (secondary N) is 1. The number of pyridine rings is 1. The average Bonchev–Trinajstić information content (AvgIpc) is 2.48. The molecule has 1 atom stereocenters. The van der Waals surface area contributed by atoms with Crippen molar-refractivity contribution >= 4 is 23.2 Å². The summed E-state index contributed by atoms with van der Waals surface area (Å²) in [4.78, 5) is 25.9. The van der Waals surface area contributed by atoms with Crippen molar-refractivity contribution in [2.75, 3.05) is 0 Å². The van der Waals surface area contributed by atoms with E-state index in [4.69, 9.17) is 11.6 Å². The van der Waals surface area contributed by atoms with Crippen molar-refractivity contribution in [1.29, 1.82) is 0 Å². The van der Waals surface area contributed by atoms with Crippen LogP contribution in [0.3, 0.4) is 0 Å². The van der Waals surface area contributed by atoms with Gasteiger partial charge in [-0.1, -0.05) is 41.9 Å². The summed E-state index contributed by atoms with van der Waals surface area (Å²) in [7, 11) is 0. The molecule has 1 amide bonds. The Bertz CT molecular complexity index is 676. The molecule has 21 heavy (non-hydrogen) atoms. The molecule has 0 fully saturated rings. The zero-order valence-electron chi connectivity index (χ0n) is 11.1. The SMILES string of the molecule is C[C@@H](NC(=O)c1cc([N+](=O)[O-])cnc1Cl)c1ccccc1. The molecule has 6 nitrogen and oxygen atoms in total. The van der Waals surface area contributed by atoms with Crippen LogP contribution in [-0.4, -0.2) is 15.8 Å². The van der Waals surface area contributed by atoms with E-state index in [-0.39, 0.29) is 22.4 Å². The highest BCUT2D eigenvalue weighted by atomic mass is 35.5. The molecule has 108 valence electrons. The monoisotopic (exact) mass is 305 g/mol. The van der Waals surface area contributed by atoms with Gasteiger partial charge in [-0.25, -0.2) is 4.98 Å². The third kappa shape index (κ3) is 3.55.